The van der Waals surface area contributed by atoms with Gasteiger partial charge in [-0.15, -0.1) is 11.3 Å². The fraction of sp³-hybridized carbons (Fsp3) is 0. The second-order valence-electron chi connectivity index (χ2n) is 3.72. The number of aromatic hydroxyl groups is 1. The fourth-order valence-corrected chi connectivity index (χ4v) is 3.20. The number of hydrogen-bond acceptors (Lipinski definition) is 5. The number of thiophene rings is 1. The number of hydrogen-bond donors (Lipinski definition) is 1. The van der Waals surface area contributed by atoms with E-state index in [1.165, 1.54) is 11.3 Å². The van der Waals surface area contributed by atoms with Crippen molar-refractivity contribution in [3.05, 3.63) is 37.7 Å². The Morgan fingerprint density at radius 3 is 2.84 bits per heavy atom. The minimum Gasteiger partial charge on any atom is -0.507 e. The third-order valence-electron chi connectivity index (χ3n) is 2.41. The fourth-order valence-electron chi connectivity index (χ4n) is 1.52. The van der Waals surface area contributed by atoms with Gasteiger partial charge in [0.2, 0.25) is 5.82 Å². The molecular weight excluding hydrogens is 443 g/mol. The predicted octanol–water partition coefficient (Wildman–Crippen LogP) is 4.54. The van der Waals surface area contributed by atoms with Crippen molar-refractivity contribution in [1.29, 1.82) is 0 Å². The molecule has 3 aromatic rings. The van der Waals surface area contributed by atoms with Crippen LogP contribution in [0.15, 0.2) is 38.6 Å². The molecule has 3 rings (SSSR count). The summed E-state index contributed by atoms with van der Waals surface area (Å²) in [6, 6.07) is 7.19. The van der Waals surface area contributed by atoms with Crippen molar-refractivity contribution in [2.24, 2.45) is 0 Å². The average Bonchev–Trinajstić information content (AvgIpc) is 3.01. The smallest absolute Gasteiger partial charge is 0.258 e. The maximum absolute atomic E-state index is 9.69. The molecule has 0 saturated carbocycles. The molecule has 2 heterocycles. The molecule has 0 aliphatic carbocycles. The first kappa shape index (κ1) is 13.1. The summed E-state index contributed by atoms with van der Waals surface area (Å²) in [5, 5.41) is 15.6. The van der Waals surface area contributed by atoms with Gasteiger partial charge < -0.3 is 9.63 Å². The Labute approximate surface area is 134 Å². The summed E-state index contributed by atoms with van der Waals surface area (Å²) in [7, 11) is 0. The molecule has 4 nitrogen and oxygen atoms in total. The van der Waals surface area contributed by atoms with Gasteiger partial charge >= 0.3 is 0 Å². The molecule has 0 saturated heterocycles. The van der Waals surface area contributed by atoms with E-state index in [1.807, 2.05) is 17.5 Å². The Morgan fingerprint density at radius 1 is 1.32 bits per heavy atom. The number of rotatable bonds is 2. The summed E-state index contributed by atoms with van der Waals surface area (Å²) in [6.45, 7) is 0. The van der Waals surface area contributed by atoms with Crippen LogP contribution in [0.3, 0.4) is 0 Å². The number of phenolic OH excluding ortho intramolecular Hbond substituents is 1. The Hall–Kier alpha value is -0.930. The van der Waals surface area contributed by atoms with E-state index in [-0.39, 0.29) is 5.75 Å². The van der Waals surface area contributed by atoms with Crippen LogP contribution in [0.1, 0.15) is 0 Å². The molecular formula is C12H6BrIN2O2S. The van der Waals surface area contributed by atoms with Crippen LogP contribution in [-0.4, -0.2) is 15.2 Å². The van der Waals surface area contributed by atoms with Crippen molar-refractivity contribution in [1.82, 2.24) is 10.1 Å². The first-order valence-electron chi connectivity index (χ1n) is 5.20. The van der Waals surface area contributed by atoms with Crippen LogP contribution in [0.2, 0.25) is 0 Å². The van der Waals surface area contributed by atoms with E-state index in [1.54, 1.807) is 12.1 Å². The third-order valence-corrected chi connectivity index (χ3v) is 5.01. The van der Waals surface area contributed by atoms with E-state index in [9.17, 15) is 5.11 Å². The van der Waals surface area contributed by atoms with E-state index in [0.717, 1.165) is 12.9 Å². The topological polar surface area (TPSA) is 59.2 Å². The van der Waals surface area contributed by atoms with Crippen LogP contribution in [0.5, 0.6) is 5.75 Å². The van der Waals surface area contributed by atoms with Gasteiger partial charge in [-0.05, 0) is 62.8 Å². The van der Waals surface area contributed by atoms with E-state index >= 15 is 0 Å². The lowest BCUT2D eigenvalue weighted by atomic mass is 10.2. The molecule has 0 spiro atoms. The lowest BCUT2D eigenvalue weighted by Crippen LogP contribution is -1.80. The molecule has 7 heteroatoms. The summed E-state index contributed by atoms with van der Waals surface area (Å²) in [6.07, 6.45) is 0. The van der Waals surface area contributed by atoms with Gasteiger partial charge in [-0.25, -0.2) is 0 Å². The summed E-state index contributed by atoms with van der Waals surface area (Å²) < 4.78 is 7.00. The second-order valence-corrected chi connectivity index (χ2v) is 6.71. The highest BCUT2D eigenvalue weighted by Gasteiger charge is 2.13. The first-order valence-corrected chi connectivity index (χ1v) is 7.95. The maximum atomic E-state index is 9.69. The summed E-state index contributed by atoms with van der Waals surface area (Å²) in [5.41, 5.74) is 0.701. The van der Waals surface area contributed by atoms with Crippen molar-refractivity contribution >= 4 is 49.9 Å². The van der Waals surface area contributed by atoms with Gasteiger partial charge in [0.1, 0.15) is 5.75 Å². The quantitative estimate of drug-likeness (QED) is 0.585. The molecule has 0 fully saturated rings. The minimum atomic E-state index is 0.205. The summed E-state index contributed by atoms with van der Waals surface area (Å²) >= 11 is 6.98. The Balaban J connectivity index is 1.98. The zero-order chi connectivity index (χ0) is 13.4. The normalized spacial score (nSPS) is 10.8. The molecule has 0 radical (unpaired) electrons. The van der Waals surface area contributed by atoms with Crippen molar-refractivity contribution < 1.29 is 9.63 Å². The number of aromatic nitrogens is 2. The number of halogens is 2. The predicted molar refractivity (Wildman–Crippen MR) is 85.1 cm³/mol. The lowest BCUT2D eigenvalue weighted by Gasteiger charge is -1.97. The zero-order valence-corrected chi connectivity index (χ0v) is 13.9. The van der Waals surface area contributed by atoms with E-state index in [2.05, 4.69) is 48.7 Å². The van der Waals surface area contributed by atoms with Gasteiger partial charge in [0.25, 0.3) is 5.89 Å². The molecule has 2 aromatic heterocycles. The molecule has 96 valence electrons. The van der Waals surface area contributed by atoms with Gasteiger partial charge in [-0.3, -0.25) is 0 Å². The molecule has 1 N–H and O–H groups in total. The van der Waals surface area contributed by atoms with Crippen LogP contribution in [0, 0.1) is 3.57 Å². The van der Waals surface area contributed by atoms with Crippen molar-refractivity contribution in [3.63, 3.8) is 0 Å². The van der Waals surface area contributed by atoms with Crippen molar-refractivity contribution in [2.45, 2.75) is 0 Å². The molecule has 0 amide bonds. The molecule has 0 atom stereocenters. The van der Waals surface area contributed by atoms with Crippen molar-refractivity contribution in [2.75, 3.05) is 0 Å². The van der Waals surface area contributed by atoms with E-state index < -0.39 is 0 Å². The monoisotopic (exact) mass is 448 g/mol. The van der Waals surface area contributed by atoms with E-state index in [0.29, 0.717) is 17.3 Å². The van der Waals surface area contributed by atoms with Gasteiger partial charge in [-0.2, -0.15) is 4.98 Å². The lowest BCUT2D eigenvalue weighted by molar-refractivity contribution is 0.431. The van der Waals surface area contributed by atoms with Crippen LogP contribution in [0.25, 0.3) is 22.2 Å². The molecule has 19 heavy (non-hydrogen) atoms. The highest BCUT2D eigenvalue weighted by molar-refractivity contribution is 14.1. The maximum Gasteiger partial charge on any atom is 0.258 e. The first-order chi connectivity index (χ1) is 9.13. The highest BCUT2D eigenvalue weighted by Crippen LogP contribution is 2.31. The SMILES string of the molecule is Oc1cc(-c2nc(-c3cc(Br)cs3)no2)ccc1I. The van der Waals surface area contributed by atoms with Gasteiger partial charge in [0, 0.05) is 15.4 Å². The van der Waals surface area contributed by atoms with Crippen LogP contribution >= 0.6 is 49.9 Å². The number of benzene rings is 1. The van der Waals surface area contributed by atoms with Crippen LogP contribution in [0.4, 0.5) is 0 Å². The molecule has 1 aromatic carbocycles. The number of nitrogens with zero attached hydrogens (tertiary/aromatic N) is 2. The molecule has 0 aliphatic rings. The Bertz CT molecular complexity index is 741. The Kier molecular flexibility index (Phi) is 3.59. The molecule has 0 aliphatic heterocycles. The van der Waals surface area contributed by atoms with Gasteiger partial charge in [0.05, 0.1) is 8.45 Å². The van der Waals surface area contributed by atoms with Crippen LogP contribution in [-0.2, 0) is 0 Å². The Morgan fingerprint density at radius 2 is 2.16 bits per heavy atom. The third kappa shape index (κ3) is 2.67. The van der Waals surface area contributed by atoms with Gasteiger partial charge in [-0.1, -0.05) is 5.16 Å². The second kappa shape index (κ2) is 5.22. The largest absolute Gasteiger partial charge is 0.507 e. The standard InChI is InChI=1S/C12H6BrIN2O2S/c13-7-4-10(19-5-7)11-15-12(18-16-11)6-1-2-8(14)9(17)3-6/h1-5,17H. The molecule has 0 unspecified atom stereocenters. The van der Waals surface area contributed by atoms with Gasteiger partial charge in [0.15, 0.2) is 0 Å². The summed E-state index contributed by atoms with van der Waals surface area (Å²) in [4.78, 5) is 5.26. The van der Waals surface area contributed by atoms with Crippen molar-refractivity contribution in [3.8, 4) is 27.9 Å². The summed E-state index contributed by atoms with van der Waals surface area (Å²) in [5.74, 6) is 1.15. The zero-order valence-electron chi connectivity index (χ0n) is 9.30. The van der Waals surface area contributed by atoms with E-state index in [4.69, 9.17) is 4.52 Å². The van der Waals surface area contributed by atoms with Crippen LogP contribution < -0.4 is 0 Å². The molecule has 0 bridgehead atoms. The number of phenols is 1. The average molecular weight is 449 g/mol. The minimum absolute atomic E-state index is 0.205. The highest BCUT2D eigenvalue weighted by atomic mass is 127.